The van der Waals surface area contributed by atoms with E-state index in [0.717, 1.165) is 26.2 Å². The highest BCUT2D eigenvalue weighted by Gasteiger charge is 2.37. The summed E-state index contributed by atoms with van der Waals surface area (Å²) in [5.41, 5.74) is 0.122. The zero-order valence-electron chi connectivity index (χ0n) is 14.9. The Morgan fingerprint density at radius 2 is 1.96 bits per heavy atom. The Kier molecular flexibility index (Phi) is 6.72. The van der Waals surface area contributed by atoms with E-state index in [1.165, 1.54) is 37.5 Å². The normalized spacial score (nSPS) is 31.8. The minimum absolute atomic E-state index is 0. The molecule has 7 heteroatoms. The number of ether oxygens (including phenoxy) is 1. The van der Waals surface area contributed by atoms with Crippen LogP contribution in [0.25, 0.3) is 0 Å². The van der Waals surface area contributed by atoms with Crippen LogP contribution in [0.4, 0.5) is 14.5 Å². The second kappa shape index (κ2) is 8.83. The molecular formula is C19H28ClF2N3O. The van der Waals surface area contributed by atoms with Crippen molar-refractivity contribution in [2.45, 2.75) is 43.8 Å². The number of morpholine rings is 1. The predicted molar refractivity (Wildman–Crippen MR) is 101 cm³/mol. The molecule has 1 aromatic carbocycles. The van der Waals surface area contributed by atoms with Gasteiger partial charge in [-0.2, -0.15) is 0 Å². The Labute approximate surface area is 160 Å². The van der Waals surface area contributed by atoms with Crippen LogP contribution < -0.4 is 15.5 Å². The van der Waals surface area contributed by atoms with Gasteiger partial charge < -0.3 is 20.3 Å². The van der Waals surface area contributed by atoms with Crippen molar-refractivity contribution in [3.63, 3.8) is 0 Å². The average Bonchev–Trinajstić information content (AvgIpc) is 3.26. The summed E-state index contributed by atoms with van der Waals surface area (Å²) in [6.07, 6.45) is 4.55. The second-order valence-electron chi connectivity index (χ2n) is 7.51. The molecule has 146 valence electrons. The first kappa shape index (κ1) is 19.8. The van der Waals surface area contributed by atoms with E-state index in [1.54, 1.807) is 0 Å². The first-order chi connectivity index (χ1) is 12.2. The Morgan fingerprint density at radius 1 is 1.15 bits per heavy atom. The third kappa shape index (κ3) is 4.14. The van der Waals surface area contributed by atoms with Gasteiger partial charge in [-0.3, -0.25) is 0 Å². The molecule has 0 bridgehead atoms. The number of benzene rings is 1. The van der Waals surface area contributed by atoms with Crippen LogP contribution in [-0.2, 0) is 4.74 Å². The van der Waals surface area contributed by atoms with E-state index in [4.69, 9.17) is 4.74 Å². The third-order valence-corrected chi connectivity index (χ3v) is 5.93. The molecule has 1 aliphatic carbocycles. The largest absolute Gasteiger partial charge is 0.379 e. The Balaban J connectivity index is 0.00000196. The van der Waals surface area contributed by atoms with Gasteiger partial charge >= 0.3 is 0 Å². The molecule has 3 aliphatic rings. The number of para-hydroxylation sites is 1. The maximum absolute atomic E-state index is 14.0. The minimum atomic E-state index is -0.469. The first-order valence-electron chi connectivity index (χ1n) is 9.48. The van der Waals surface area contributed by atoms with Crippen LogP contribution in [0.3, 0.4) is 0 Å². The van der Waals surface area contributed by atoms with Crippen molar-refractivity contribution in [2.24, 2.45) is 5.92 Å². The van der Waals surface area contributed by atoms with Gasteiger partial charge in [-0.15, -0.1) is 12.4 Å². The van der Waals surface area contributed by atoms with E-state index in [0.29, 0.717) is 31.1 Å². The summed E-state index contributed by atoms with van der Waals surface area (Å²) in [5.74, 6) is -0.356. The van der Waals surface area contributed by atoms with Gasteiger partial charge in [0.2, 0.25) is 0 Å². The summed E-state index contributed by atoms with van der Waals surface area (Å²) in [6, 6.07) is 5.27. The maximum Gasteiger partial charge on any atom is 0.149 e. The van der Waals surface area contributed by atoms with Gasteiger partial charge in [-0.25, -0.2) is 8.78 Å². The van der Waals surface area contributed by atoms with Crippen molar-refractivity contribution in [1.29, 1.82) is 0 Å². The van der Waals surface area contributed by atoms with Crippen LogP contribution in [0, 0.1) is 17.6 Å². The highest BCUT2D eigenvalue weighted by molar-refractivity contribution is 5.85. The van der Waals surface area contributed by atoms with Crippen molar-refractivity contribution in [3.05, 3.63) is 29.8 Å². The summed E-state index contributed by atoms with van der Waals surface area (Å²) in [5, 5.41) is 7.37. The van der Waals surface area contributed by atoms with E-state index in [9.17, 15) is 8.78 Å². The van der Waals surface area contributed by atoms with Gasteiger partial charge in [0.05, 0.1) is 13.2 Å². The molecule has 2 saturated heterocycles. The molecule has 2 N–H and O–H groups in total. The van der Waals surface area contributed by atoms with Crippen LogP contribution in [0.5, 0.6) is 0 Å². The Morgan fingerprint density at radius 3 is 2.69 bits per heavy atom. The topological polar surface area (TPSA) is 36.5 Å². The van der Waals surface area contributed by atoms with E-state index in [2.05, 4.69) is 10.6 Å². The van der Waals surface area contributed by atoms with Crippen molar-refractivity contribution in [3.8, 4) is 0 Å². The van der Waals surface area contributed by atoms with E-state index >= 15 is 0 Å². The highest BCUT2D eigenvalue weighted by atomic mass is 35.5. The lowest BCUT2D eigenvalue weighted by atomic mass is 9.93. The number of nitrogens with one attached hydrogen (secondary N) is 2. The van der Waals surface area contributed by atoms with Crippen LogP contribution in [0.15, 0.2) is 18.2 Å². The molecular weight excluding hydrogens is 360 g/mol. The highest BCUT2D eigenvalue weighted by Crippen LogP contribution is 2.32. The fraction of sp³-hybridized carbons (Fsp3) is 0.684. The predicted octanol–water partition coefficient (Wildman–Crippen LogP) is 2.71. The molecule has 4 rings (SSSR count). The summed E-state index contributed by atoms with van der Waals surface area (Å²) in [4.78, 5) is 1.84. The number of halogens is 3. The third-order valence-electron chi connectivity index (χ3n) is 5.93. The fourth-order valence-corrected chi connectivity index (χ4v) is 4.73. The van der Waals surface area contributed by atoms with E-state index in [1.807, 2.05) is 4.90 Å². The van der Waals surface area contributed by atoms with Gasteiger partial charge in [-0.05, 0) is 37.3 Å². The Bertz CT molecular complexity index is 580. The fourth-order valence-electron chi connectivity index (χ4n) is 4.73. The molecule has 4 unspecified atom stereocenters. The number of nitrogens with zero attached hydrogens (tertiary/aromatic N) is 1. The minimum Gasteiger partial charge on any atom is -0.379 e. The van der Waals surface area contributed by atoms with E-state index < -0.39 is 11.6 Å². The summed E-state index contributed by atoms with van der Waals surface area (Å²) in [6.45, 7) is 3.87. The zero-order valence-corrected chi connectivity index (χ0v) is 15.7. The van der Waals surface area contributed by atoms with Crippen molar-refractivity contribution >= 4 is 18.1 Å². The lowest BCUT2D eigenvalue weighted by molar-refractivity contribution is 0.0518. The molecule has 2 aliphatic heterocycles. The van der Waals surface area contributed by atoms with Gasteiger partial charge in [0, 0.05) is 37.8 Å². The molecule has 0 aromatic heterocycles. The quantitative estimate of drug-likeness (QED) is 0.833. The number of hydrogen-bond acceptors (Lipinski definition) is 4. The van der Waals surface area contributed by atoms with Gasteiger partial charge in [0.25, 0.3) is 0 Å². The molecule has 4 atom stereocenters. The Hall–Kier alpha value is -0.950. The molecule has 2 heterocycles. The van der Waals surface area contributed by atoms with Crippen molar-refractivity contribution < 1.29 is 13.5 Å². The maximum atomic E-state index is 14.0. The SMILES string of the molecule is Cl.Fc1cccc(F)c1N1CCC(NC2CCCC2C2COCCN2)C1. The van der Waals surface area contributed by atoms with Crippen LogP contribution in [-0.4, -0.2) is 51.0 Å². The summed E-state index contributed by atoms with van der Waals surface area (Å²) < 4.78 is 33.7. The van der Waals surface area contributed by atoms with Crippen LogP contribution in [0.2, 0.25) is 0 Å². The summed E-state index contributed by atoms with van der Waals surface area (Å²) in [7, 11) is 0. The molecule has 3 fully saturated rings. The van der Waals surface area contributed by atoms with Crippen molar-refractivity contribution in [2.75, 3.05) is 37.7 Å². The first-order valence-corrected chi connectivity index (χ1v) is 9.48. The molecule has 1 aromatic rings. The number of hydrogen-bond donors (Lipinski definition) is 2. The van der Waals surface area contributed by atoms with Crippen LogP contribution in [0.1, 0.15) is 25.7 Å². The number of rotatable bonds is 4. The van der Waals surface area contributed by atoms with Gasteiger partial charge in [-0.1, -0.05) is 12.5 Å². The molecule has 0 radical (unpaired) electrons. The van der Waals surface area contributed by atoms with E-state index in [-0.39, 0.29) is 24.1 Å². The molecule has 0 amide bonds. The smallest absolute Gasteiger partial charge is 0.149 e. The lowest BCUT2D eigenvalue weighted by Crippen LogP contribution is -2.52. The van der Waals surface area contributed by atoms with Crippen molar-refractivity contribution in [1.82, 2.24) is 10.6 Å². The molecule has 0 spiro atoms. The average molecular weight is 388 g/mol. The molecule has 1 saturated carbocycles. The standard InChI is InChI=1S/C19H27F2N3O.ClH/c20-15-4-2-5-16(21)19(15)24-9-7-13(11-24)23-17-6-1-3-14(17)18-12-25-10-8-22-18;/h2,4-5,13-14,17-18,22-23H,1,3,6-12H2;1H. The van der Waals surface area contributed by atoms with Gasteiger partial charge in [0.15, 0.2) is 0 Å². The summed E-state index contributed by atoms with van der Waals surface area (Å²) >= 11 is 0. The lowest BCUT2D eigenvalue weighted by Gasteiger charge is -2.34. The van der Waals surface area contributed by atoms with Crippen LogP contribution >= 0.6 is 12.4 Å². The zero-order chi connectivity index (χ0) is 17.2. The molecule has 26 heavy (non-hydrogen) atoms. The monoisotopic (exact) mass is 387 g/mol. The second-order valence-corrected chi connectivity index (χ2v) is 7.51. The number of anilines is 1. The molecule has 4 nitrogen and oxygen atoms in total. The van der Waals surface area contributed by atoms with Gasteiger partial charge in [0.1, 0.15) is 17.3 Å².